The van der Waals surface area contributed by atoms with Gasteiger partial charge in [-0.15, -0.1) is 0 Å². The number of aryl methyl sites for hydroxylation is 3. The molecule has 0 atom stereocenters. The van der Waals surface area contributed by atoms with E-state index in [9.17, 15) is 14.0 Å². The van der Waals surface area contributed by atoms with Crippen molar-refractivity contribution in [1.82, 2.24) is 4.57 Å². The number of carboxylic acid groups (broad SMARTS) is 1. The number of rotatable bonds is 5. The molecule has 0 unspecified atom stereocenters. The molecular formula is C16H16FNO3. The van der Waals surface area contributed by atoms with Crippen LogP contribution in [0, 0.1) is 12.7 Å². The van der Waals surface area contributed by atoms with Gasteiger partial charge in [0.1, 0.15) is 11.4 Å². The Balaban J connectivity index is 2.11. The summed E-state index contributed by atoms with van der Waals surface area (Å²) in [5.74, 6) is -1.49. The summed E-state index contributed by atoms with van der Waals surface area (Å²) in [5, 5.41) is 9.05. The van der Waals surface area contributed by atoms with E-state index in [1.165, 1.54) is 10.6 Å². The quantitative estimate of drug-likeness (QED) is 0.920. The van der Waals surface area contributed by atoms with E-state index in [4.69, 9.17) is 5.11 Å². The summed E-state index contributed by atoms with van der Waals surface area (Å²) in [6, 6.07) is 8.10. The highest BCUT2D eigenvalue weighted by atomic mass is 19.1. The number of nitrogens with zero attached hydrogens (tertiary/aromatic N) is 1. The van der Waals surface area contributed by atoms with Crippen molar-refractivity contribution in [2.24, 2.45) is 0 Å². The van der Waals surface area contributed by atoms with E-state index < -0.39 is 11.5 Å². The molecule has 1 aromatic heterocycles. The van der Waals surface area contributed by atoms with Crippen molar-refractivity contribution in [3.63, 3.8) is 0 Å². The van der Waals surface area contributed by atoms with Gasteiger partial charge in [-0.05, 0) is 43.0 Å². The number of hydrogen-bond donors (Lipinski definition) is 1. The number of aromatic nitrogens is 1. The molecule has 0 fully saturated rings. The first-order chi connectivity index (χ1) is 10.0. The third-order valence-electron chi connectivity index (χ3n) is 3.39. The van der Waals surface area contributed by atoms with Crippen LogP contribution in [0.3, 0.4) is 0 Å². The molecule has 4 nitrogen and oxygen atoms in total. The molecule has 0 aliphatic heterocycles. The van der Waals surface area contributed by atoms with Crippen LogP contribution < -0.4 is 5.56 Å². The maximum Gasteiger partial charge on any atom is 0.341 e. The van der Waals surface area contributed by atoms with Crippen molar-refractivity contribution in [3.8, 4) is 0 Å². The zero-order chi connectivity index (χ0) is 15.4. The first-order valence-electron chi connectivity index (χ1n) is 6.67. The average Bonchev–Trinajstić information content (AvgIpc) is 2.43. The van der Waals surface area contributed by atoms with E-state index in [1.807, 2.05) is 0 Å². The number of pyridine rings is 1. The highest BCUT2D eigenvalue weighted by Gasteiger charge is 2.14. The molecule has 0 saturated heterocycles. The van der Waals surface area contributed by atoms with Crippen LogP contribution in [-0.2, 0) is 13.0 Å². The van der Waals surface area contributed by atoms with Crippen LogP contribution in [0.25, 0.3) is 0 Å². The number of hydrogen-bond acceptors (Lipinski definition) is 2. The van der Waals surface area contributed by atoms with Crippen LogP contribution >= 0.6 is 0 Å². The van der Waals surface area contributed by atoms with Gasteiger partial charge < -0.3 is 9.67 Å². The zero-order valence-electron chi connectivity index (χ0n) is 11.7. The second-order valence-corrected chi connectivity index (χ2v) is 4.87. The van der Waals surface area contributed by atoms with Crippen molar-refractivity contribution >= 4 is 5.97 Å². The lowest BCUT2D eigenvalue weighted by Crippen LogP contribution is -2.27. The van der Waals surface area contributed by atoms with Crippen LogP contribution in [0.5, 0.6) is 0 Å². The van der Waals surface area contributed by atoms with Gasteiger partial charge in [0.2, 0.25) is 0 Å². The van der Waals surface area contributed by atoms with Crippen LogP contribution in [0.15, 0.2) is 41.3 Å². The highest BCUT2D eigenvalue weighted by molar-refractivity contribution is 5.88. The average molecular weight is 289 g/mol. The van der Waals surface area contributed by atoms with Gasteiger partial charge in [-0.25, -0.2) is 9.18 Å². The summed E-state index contributed by atoms with van der Waals surface area (Å²) in [5.41, 5.74) is 0.313. The second-order valence-electron chi connectivity index (χ2n) is 4.87. The predicted molar refractivity (Wildman–Crippen MR) is 77.1 cm³/mol. The van der Waals surface area contributed by atoms with E-state index >= 15 is 0 Å². The fraction of sp³-hybridized carbons (Fsp3) is 0.250. The van der Waals surface area contributed by atoms with Crippen molar-refractivity contribution < 1.29 is 14.3 Å². The minimum absolute atomic E-state index is 0.205. The molecule has 1 aromatic carbocycles. The zero-order valence-corrected chi connectivity index (χ0v) is 11.7. The molecule has 1 N–H and O–H groups in total. The Morgan fingerprint density at radius 2 is 2.00 bits per heavy atom. The maximum atomic E-state index is 13.5. The largest absolute Gasteiger partial charge is 0.477 e. The number of benzene rings is 1. The lowest BCUT2D eigenvalue weighted by molar-refractivity contribution is 0.0693. The van der Waals surface area contributed by atoms with E-state index in [-0.39, 0.29) is 11.4 Å². The van der Waals surface area contributed by atoms with E-state index in [2.05, 4.69) is 0 Å². The minimum Gasteiger partial charge on any atom is -0.477 e. The Morgan fingerprint density at radius 3 is 2.67 bits per heavy atom. The molecule has 5 heteroatoms. The van der Waals surface area contributed by atoms with E-state index in [0.717, 1.165) is 0 Å². The Bertz CT molecular complexity index is 722. The molecule has 0 radical (unpaired) electrons. The van der Waals surface area contributed by atoms with E-state index in [1.54, 1.807) is 37.4 Å². The van der Waals surface area contributed by atoms with Crippen LogP contribution in [0.4, 0.5) is 4.39 Å². The fourth-order valence-corrected chi connectivity index (χ4v) is 2.24. The molecule has 2 aromatic rings. The second kappa shape index (κ2) is 6.35. The molecule has 0 aliphatic rings. The number of carboxylic acids is 1. The molecule has 110 valence electrons. The highest BCUT2D eigenvalue weighted by Crippen LogP contribution is 2.09. The third kappa shape index (κ3) is 3.37. The van der Waals surface area contributed by atoms with Gasteiger partial charge in [0.15, 0.2) is 0 Å². The fourth-order valence-electron chi connectivity index (χ4n) is 2.24. The Morgan fingerprint density at radius 1 is 1.29 bits per heavy atom. The molecule has 0 saturated carbocycles. The van der Waals surface area contributed by atoms with Crippen molar-refractivity contribution in [3.05, 3.63) is 69.4 Å². The Hall–Kier alpha value is -2.43. The molecule has 0 bridgehead atoms. The first-order valence-corrected chi connectivity index (χ1v) is 6.67. The van der Waals surface area contributed by atoms with Gasteiger partial charge in [0.05, 0.1) is 0 Å². The number of carbonyl (C=O) groups is 1. The molecular weight excluding hydrogens is 273 g/mol. The van der Waals surface area contributed by atoms with E-state index in [0.29, 0.717) is 30.5 Å². The smallest absolute Gasteiger partial charge is 0.341 e. The van der Waals surface area contributed by atoms with Gasteiger partial charge in [-0.2, -0.15) is 0 Å². The normalized spacial score (nSPS) is 10.6. The summed E-state index contributed by atoms with van der Waals surface area (Å²) in [7, 11) is 0. The van der Waals surface area contributed by atoms with Crippen LogP contribution in [0.2, 0.25) is 0 Å². The summed E-state index contributed by atoms with van der Waals surface area (Å²) >= 11 is 0. The monoisotopic (exact) mass is 289 g/mol. The standard InChI is InChI=1S/C16H16FNO3/c1-11-8-10-18(15(19)14(11)16(20)21)9-4-6-12-5-2-3-7-13(12)17/h2-3,5,7-8,10H,4,6,9H2,1H3,(H,20,21). The summed E-state index contributed by atoms with van der Waals surface area (Å²) in [6.45, 7) is 1.95. The lowest BCUT2D eigenvalue weighted by Gasteiger charge is -2.09. The summed E-state index contributed by atoms with van der Waals surface area (Å²) < 4.78 is 14.8. The van der Waals surface area contributed by atoms with Gasteiger partial charge in [-0.1, -0.05) is 18.2 Å². The van der Waals surface area contributed by atoms with Gasteiger partial charge in [0, 0.05) is 12.7 Å². The summed E-state index contributed by atoms with van der Waals surface area (Å²) in [4.78, 5) is 23.1. The lowest BCUT2D eigenvalue weighted by atomic mass is 10.1. The predicted octanol–water partition coefficient (Wildman–Crippen LogP) is 2.63. The SMILES string of the molecule is Cc1ccn(CCCc2ccccc2F)c(=O)c1C(=O)O. The summed E-state index contributed by atoms with van der Waals surface area (Å²) in [6.07, 6.45) is 2.63. The molecule has 0 amide bonds. The Kier molecular flexibility index (Phi) is 4.52. The van der Waals surface area contributed by atoms with Crippen molar-refractivity contribution in [2.75, 3.05) is 0 Å². The van der Waals surface area contributed by atoms with Gasteiger partial charge in [-0.3, -0.25) is 4.79 Å². The molecule has 1 heterocycles. The van der Waals surface area contributed by atoms with Crippen LogP contribution in [-0.4, -0.2) is 15.6 Å². The molecule has 0 aliphatic carbocycles. The molecule has 0 spiro atoms. The van der Waals surface area contributed by atoms with Gasteiger partial charge >= 0.3 is 5.97 Å². The molecule has 21 heavy (non-hydrogen) atoms. The van der Waals surface area contributed by atoms with Crippen molar-refractivity contribution in [2.45, 2.75) is 26.3 Å². The van der Waals surface area contributed by atoms with Gasteiger partial charge in [0.25, 0.3) is 5.56 Å². The Labute approximate surface area is 121 Å². The third-order valence-corrected chi connectivity index (χ3v) is 3.39. The number of aromatic carboxylic acids is 1. The topological polar surface area (TPSA) is 59.3 Å². The molecule has 2 rings (SSSR count). The maximum absolute atomic E-state index is 13.5. The first kappa shape index (κ1) is 15.0. The number of halogens is 1. The van der Waals surface area contributed by atoms with Crippen molar-refractivity contribution in [1.29, 1.82) is 0 Å². The van der Waals surface area contributed by atoms with Crippen LogP contribution in [0.1, 0.15) is 27.9 Å². The minimum atomic E-state index is -1.22.